The van der Waals surface area contributed by atoms with E-state index < -0.39 is 11.6 Å². The van der Waals surface area contributed by atoms with Gasteiger partial charge >= 0.3 is 0 Å². The highest BCUT2D eigenvalue weighted by atomic mass is 19.1. The van der Waals surface area contributed by atoms with Crippen molar-refractivity contribution in [2.75, 3.05) is 32.7 Å². The summed E-state index contributed by atoms with van der Waals surface area (Å²) in [6, 6.07) is 2.98. The SMILES string of the molecule is CC(C)CN(CC(C)C)C(=O)CN1CCC(C(=O)c2cc(F)ccc2F)CC1. The van der Waals surface area contributed by atoms with Crippen molar-refractivity contribution >= 4 is 11.7 Å². The Hall–Kier alpha value is -1.82. The molecule has 2 rings (SSSR count). The first kappa shape index (κ1) is 22.5. The number of benzene rings is 1. The molecule has 4 nitrogen and oxygen atoms in total. The summed E-state index contributed by atoms with van der Waals surface area (Å²) in [7, 11) is 0. The zero-order valence-electron chi connectivity index (χ0n) is 17.4. The summed E-state index contributed by atoms with van der Waals surface area (Å²) >= 11 is 0. The van der Waals surface area contributed by atoms with Crippen molar-refractivity contribution in [1.82, 2.24) is 9.80 Å². The molecular formula is C22H32F2N2O2. The Kier molecular flexibility index (Phi) is 8.10. The molecule has 1 aromatic carbocycles. The number of amides is 1. The van der Waals surface area contributed by atoms with E-state index in [4.69, 9.17) is 0 Å². The van der Waals surface area contributed by atoms with Crippen LogP contribution in [0.5, 0.6) is 0 Å². The summed E-state index contributed by atoms with van der Waals surface area (Å²) in [6.07, 6.45) is 1.10. The van der Waals surface area contributed by atoms with Gasteiger partial charge in [-0.3, -0.25) is 14.5 Å². The number of Topliss-reactive ketones (excluding diaryl/α,β-unsaturated/α-hetero) is 1. The van der Waals surface area contributed by atoms with Crippen LogP contribution >= 0.6 is 0 Å². The molecule has 1 saturated heterocycles. The zero-order valence-corrected chi connectivity index (χ0v) is 17.4. The lowest BCUT2D eigenvalue weighted by Crippen LogP contribution is -2.46. The molecule has 1 aliphatic rings. The summed E-state index contributed by atoms with van der Waals surface area (Å²) in [6.45, 7) is 11.4. The predicted molar refractivity (Wildman–Crippen MR) is 106 cm³/mol. The molecule has 1 amide bonds. The fourth-order valence-electron chi connectivity index (χ4n) is 3.71. The van der Waals surface area contributed by atoms with Crippen LogP contribution in [-0.2, 0) is 4.79 Å². The van der Waals surface area contributed by atoms with Gasteiger partial charge in [0.15, 0.2) is 5.78 Å². The molecule has 1 aromatic rings. The number of likely N-dealkylation sites (tertiary alicyclic amines) is 1. The van der Waals surface area contributed by atoms with Crippen LogP contribution in [0.15, 0.2) is 18.2 Å². The summed E-state index contributed by atoms with van der Waals surface area (Å²) in [5, 5.41) is 0. The highest BCUT2D eigenvalue weighted by Gasteiger charge is 2.29. The Balaban J connectivity index is 1.91. The van der Waals surface area contributed by atoms with Crippen molar-refractivity contribution in [3.8, 4) is 0 Å². The first-order chi connectivity index (χ1) is 13.2. The van der Waals surface area contributed by atoms with E-state index in [1.165, 1.54) is 0 Å². The lowest BCUT2D eigenvalue weighted by atomic mass is 9.88. The van der Waals surface area contributed by atoms with E-state index in [2.05, 4.69) is 32.6 Å². The molecule has 0 unspecified atom stereocenters. The number of rotatable bonds is 8. The summed E-state index contributed by atoms with van der Waals surface area (Å²) in [4.78, 5) is 29.3. The Labute approximate surface area is 166 Å². The van der Waals surface area contributed by atoms with Gasteiger partial charge in [0, 0.05) is 19.0 Å². The van der Waals surface area contributed by atoms with E-state index in [0.29, 0.717) is 44.3 Å². The van der Waals surface area contributed by atoms with Crippen molar-refractivity contribution in [1.29, 1.82) is 0 Å². The van der Waals surface area contributed by atoms with E-state index in [0.717, 1.165) is 31.3 Å². The predicted octanol–water partition coefficient (Wildman–Crippen LogP) is 4.00. The maximum atomic E-state index is 13.9. The van der Waals surface area contributed by atoms with Crippen molar-refractivity contribution in [2.24, 2.45) is 17.8 Å². The first-order valence-corrected chi connectivity index (χ1v) is 10.2. The molecule has 6 heteroatoms. The van der Waals surface area contributed by atoms with E-state index >= 15 is 0 Å². The van der Waals surface area contributed by atoms with Crippen LogP contribution in [0.4, 0.5) is 8.78 Å². The molecule has 1 fully saturated rings. The van der Waals surface area contributed by atoms with Crippen LogP contribution in [0, 0.1) is 29.4 Å². The molecule has 1 heterocycles. The van der Waals surface area contributed by atoms with Crippen LogP contribution in [0.3, 0.4) is 0 Å². The molecule has 0 aliphatic carbocycles. The molecule has 0 aromatic heterocycles. The van der Waals surface area contributed by atoms with Gasteiger partial charge in [-0.05, 0) is 56.0 Å². The monoisotopic (exact) mass is 394 g/mol. The molecular weight excluding hydrogens is 362 g/mol. The summed E-state index contributed by atoms with van der Waals surface area (Å²) in [5.41, 5.74) is -0.172. The van der Waals surface area contributed by atoms with E-state index in [9.17, 15) is 18.4 Å². The van der Waals surface area contributed by atoms with Gasteiger partial charge in [0.1, 0.15) is 11.6 Å². The number of piperidine rings is 1. The third kappa shape index (κ3) is 6.36. The quantitative estimate of drug-likeness (QED) is 0.626. The minimum Gasteiger partial charge on any atom is -0.341 e. The molecule has 0 atom stereocenters. The molecule has 156 valence electrons. The van der Waals surface area contributed by atoms with Crippen LogP contribution in [0.25, 0.3) is 0 Å². The van der Waals surface area contributed by atoms with Crippen molar-refractivity contribution in [3.05, 3.63) is 35.4 Å². The van der Waals surface area contributed by atoms with Crippen molar-refractivity contribution < 1.29 is 18.4 Å². The summed E-state index contributed by atoms with van der Waals surface area (Å²) in [5.74, 6) is -1.03. The van der Waals surface area contributed by atoms with E-state index in [-0.39, 0.29) is 23.2 Å². The minimum absolute atomic E-state index is 0.114. The maximum Gasteiger partial charge on any atom is 0.236 e. The van der Waals surface area contributed by atoms with Gasteiger partial charge in [0.25, 0.3) is 0 Å². The normalized spacial score (nSPS) is 16.0. The van der Waals surface area contributed by atoms with Crippen molar-refractivity contribution in [2.45, 2.75) is 40.5 Å². The molecule has 0 saturated carbocycles. The Morgan fingerprint density at radius 2 is 1.64 bits per heavy atom. The molecule has 28 heavy (non-hydrogen) atoms. The van der Waals surface area contributed by atoms with Crippen molar-refractivity contribution in [3.63, 3.8) is 0 Å². The highest BCUT2D eigenvalue weighted by Crippen LogP contribution is 2.24. The molecule has 0 N–H and O–H groups in total. The van der Waals surface area contributed by atoms with Gasteiger partial charge in [-0.2, -0.15) is 0 Å². The number of carbonyl (C=O) groups is 2. The topological polar surface area (TPSA) is 40.6 Å². The average Bonchev–Trinajstić information content (AvgIpc) is 2.62. The van der Waals surface area contributed by atoms with Gasteiger partial charge in [0.05, 0.1) is 12.1 Å². The second-order valence-corrected chi connectivity index (χ2v) is 8.63. The number of carbonyl (C=O) groups excluding carboxylic acids is 2. The third-order valence-corrected chi connectivity index (χ3v) is 5.03. The number of nitrogens with zero attached hydrogens (tertiary/aromatic N) is 2. The zero-order chi connectivity index (χ0) is 20.8. The Morgan fingerprint density at radius 3 is 2.18 bits per heavy atom. The van der Waals surface area contributed by atoms with E-state index in [1.807, 2.05) is 4.90 Å². The minimum atomic E-state index is -0.679. The highest BCUT2D eigenvalue weighted by molar-refractivity contribution is 5.98. The standard InChI is InChI=1S/C22H32F2N2O2/c1-15(2)12-26(13-16(3)4)21(27)14-25-9-7-17(8-10-25)22(28)19-11-18(23)5-6-20(19)24/h5-6,11,15-17H,7-10,12-14H2,1-4H3. The van der Waals surface area contributed by atoms with Gasteiger partial charge < -0.3 is 4.90 Å². The molecule has 0 spiro atoms. The van der Waals surface area contributed by atoms with Gasteiger partial charge in [-0.25, -0.2) is 8.78 Å². The van der Waals surface area contributed by atoms with E-state index in [1.54, 1.807) is 0 Å². The second kappa shape index (κ2) is 10.1. The van der Waals surface area contributed by atoms with Crippen LogP contribution in [0.2, 0.25) is 0 Å². The second-order valence-electron chi connectivity index (χ2n) is 8.63. The fraction of sp³-hybridized carbons (Fsp3) is 0.636. The third-order valence-electron chi connectivity index (χ3n) is 5.03. The van der Waals surface area contributed by atoms with Gasteiger partial charge in [0.2, 0.25) is 5.91 Å². The fourth-order valence-corrected chi connectivity index (χ4v) is 3.71. The van der Waals surface area contributed by atoms with Crippen LogP contribution in [-0.4, -0.2) is 54.2 Å². The smallest absolute Gasteiger partial charge is 0.236 e. The van der Waals surface area contributed by atoms with Crippen LogP contribution in [0.1, 0.15) is 50.9 Å². The molecule has 0 bridgehead atoms. The maximum absolute atomic E-state index is 13.9. The summed E-state index contributed by atoms with van der Waals surface area (Å²) < 4.78 is 27.2. The number of hydrogen-bond donors (Lipinski definition) is 0. The Morgan fingerprint density at radius 1 is 1.07 bits per heavy atom. The number of hydrogen-bond acceptors (Lipinski definition) is 3. The number of ketones is 1. The van der Waals surface area contributed by atoms with Gasteiger partial charge in [-0.15, -0.1) is 0 Å². The van der Waals surface area contributed by atoms with Gasteiger partial charge in [-0.1, -0.05) is 27.7 Å². The largest absolute Gasteiger partial charge is 0.341 e. The van der Waals surface area contributed by atoms with Crippen LogP contribution < -0.4 is 0 Å². The first-order valence-electron chi connectivity index (χ1n) is 10.2. The average molecular weight is 395 g/mol. The molecule has 0 radical (unpaired) electrons. The Bertz CT molecular complexity index is 673. The lowest BCUT2D eigenvalue weighted by molar-refractivity contribution is -0.133. The number of halogens is 2. The molecule has 1 aliphatic heterocycles. The lowest BCUT2D eigenvalue weighted by Gasteiger charge is -2.33.